The summed E-state index contributed by atoms with van der Waals surface area (Å²) in [5.74, 6) is 0.201. The van der Waals surface area contributed by atoms with Gasteiger partial charge >= 0.3 is 11.7 Å². The van der Waals surface area contributed by atoms with Crippen molar-refractivity contribution in [2.75, 3.05) is 32.5 Å². The molecule has 0 aliphatic carbocycles. The van der Waals surface area contributed by atoms with E-state index < -0.39 is 0 Å². The third-order valence-electron chi connectivity index (χ3n) is 5.54. The molecule has 1 aromatic carbocycles. The lowest BCUT2D eigenvalue weighted by Crippen LogP contribution is -2.36. The topological polar surface area (TPSA) is 111 Å². The van der Waals surface area contributed by atoms with Crippen molar-refractivity contribution in [3.05, 3.63) is 45.9 Å². The molecular formula is C21H28N6O3. The number of hydrogen-bond acceptors (Lipinski definition) is 7. The fourth-order valence-corrected chi connectivity index (χ4v) is 3.87. The van der Waals surface area contributed by atoms with Crippen molar-refractivity contribution in [2.45, 2.75) is 39.0 Å². The number of rotatable bonds is 7. The summed E-state index contributed by atoms with van der Waals surface area (Å²) in [5, 5.41) is 0. The second-order valence-corrected chi connectivity index (χ2v) is 7.57. The Morgan fingerprint density at radius 1 is 1.13 bits per heavy atom. The minimum Gasteiger partial charge on any atom is -0.464 e. The molecule has 3 N–H and O–H groups in total. The van der Waals surface area contributed by atoms with Crippen LogP contribution in [0.1, 0.15) is 30.9 Å². The SMILES string of the molecule is CCOc1nc(N)c2[nH]c(=O)n(Cc3ccc(CN4CCC(OC)CC4)cc3)c2n1. The molecule has 0 amide bonds. The highest BCUT2D eigenvalue weighted by atomic mass is 16.5. The van der Waals surface area contributed by atoms with Gasteiger partial charge in [0.2, 0.25) is 0 Å². The van der Waals surface area contributed by atoms with E-state index in [1.54, 1.807) is 11.7 Å². The van der Waals surface area contributed by atoms with Crippen LogP contribution in [0, 0.1) is 0 Å². The summed E-state index contributed by atoms with van der Waals surface area (Å²) in [7, 11) is 1.79. The molecule has 0 unspecified atom stereocenters. The lowest BCUT2D eigenvalue weighted by Gasteiger charge is -2.31. The number of anilines is 1. The van der Waals surface area contributed by atoms with E-state index in [2.05, 4.69) is 44.1 Å². The number of nitrogens with two attached hydrogens (primary N) is 1. The summed E-state index contributed by atoms with van der Waals surface area (Å²) in [5.41, 5.74) is 8.83. The minimum atomic E-state index is -0.273. The summed E-state index contributed by atoms with van der Waals surface area (Å²) in [6.07, 6.45) is 2.54. The smallest absolute Gasteiger partial charge is 0.328 e. The molecule has 1 fully saturated rings. The highest BCUT2D eigenvalue weighted by Gasteiger charge is 2.19. The van der Waals surface area contributed by atoms with Crippen LogP contribution in [0.2, 0.25) is 0 Å². The average Bonchev–Trinajstić information content (AvgIpc) is 3.06. The van der Waals surface area contributed by atoms with Crippen LogP contribution in [0.25, 0.3) is 11.2 Å². The first-order valence-electron chi connectivity index (χ1n) is 10.3. The Labute approximate surface area is 174 Å². The molecule has 1 aliphatic heterocycles. The molecule has 0 radical (unpaired) electrons. The monoisotopic (exact) mass is 412 g/mol. The number of nitrogen functional groups attached to an aromatic ring is 1. The number of ether oxygens (including phenoxy) is 2. The van der Waals surface area contributed by atoms with Gasteiger partial charge in [0.1, 0.15) is 5.52 Å². The number of H-pyrrole nitrogens is 1. The average molecular weight is 412 g/mol. The van der Waals surface area contributed by atoms with Crippen LogP contribution in [-0.4, -0.2) is 57.3 Å². The summed E-state index contributed by atoms with van der Waals surface area (Å²) in [4.78, 5) is 26.1. The van der Waals surface area contributed by atoms with Gasteiger partial charge in [-0.2, -0.15) is 9.97 Å². The largest absolute Gasteiger partial charge is 0.464 e. The van der Waals surface area contributed by atoms with E-state index in [4.69, 9.17) is 15.2 Å². The molecule has 9 heteroatoms. The van der Waals surface area contributed by atoms with Crippen LogP contribution in [0.15, 0.2) is 29.1 Å². The molecule has 0 atom stereocenters. The predicted octanol–water partition coefficient (Wildman–Crippen LogP) is 1.76. The number of aromatic nitrogens is 4. The van der Waals surface area contributed by atoms with Gasteiger partial charge in [0.15, 0.2) is 11.5 Å². The van der Waals surface area contributed by atoms with Crippen LogP contribution < -0.4 is 16.2 Å². The van der Waals surface area contributed by atoms with Crippen molar-refractivity contribution in [3.63, 3.8) is 0 Å². The van der Waals surface area contributed by atoms with Gasteiger partial charge in [-0.3, -0.25) is 9.47 Å². The van der Waals surface area contributed by atoms with Gasteiger partial charge in [-0.25, -0.2) is 4.79 Å². The molecule has 1 saturated heterocycles. The number of imidazole rings is 1. The zero-order valence-electron chi connectivity index (χ0n) is 17.4. The Morgan fingerprint density at radius 3 is 2.43 bits per heavy atom. The number of nitrogens with zero attached hydrogens (tertiary/aromatic N) is 4. The summed E-state index contributed by atoms with van der Waals surface area (Å²) in [6.45, 7) is 5.67. The lowest BCUT2D eigenvalue weighted by atomic mass is 10.1. The normalized spacial score (nSPS) is 15.7. The Hall–Kier alpha value is -2.91. The van der Waals surface area contributed by atoms with E-state index in [-0.39, 0.29) is 17.5 Å². The molecule has 0 bridgehead atoms. The van der Waals surface area contributed by atoms with Gasteiger partial charge in [0.25, 0.3) is 0 Å². The van der Waals surface area contributed by atoms with E-state index in [1.807, 2.05) is 6.92 Å². The minimum absolute atomic E-state index is 0.169. The van der Waals surface area contributed by atoms with Crippen molar-refractivity contribution in [3.8, 4) is 6.01 Å². The second kappa shape index (κ2) is 8.85. The summed E-state index contributed by atoms with van der Waals surface area (Å²) >= 11 is 0. The van der Waals surface area contributed by atoms with E-state index in [0.29, 0.717) is 30.4 Å². The lowest BCUT2D eigenvalue weighted by molar-refractivity contribution is 0.0388. The Morgan fingerprint density at radius 2 is 1.80 bits per heavy atom. The molecule has 0 saturated carbocycles. The van der Waals surface area contributed by atoms with Gasteiger partial charge in [-0.15, -0.1) is 0 Å². The van der Waals surface area contributed by atoms with Gasteiger partial charge in [0.05, 0.1) is 19.3 Å². The Bertz CT molecular complexity index is 1050. The van der Waals surface area contributed by atoms with Gasteiger partial charge < -0.3 is 20.2 Å². The van der Waals surface area contributed by atoms with Crippen LogP contribution in [-0.2, 0) is 17.8 Å². The third kappa shape index (κ3) is 4.31. The van der Waals surface area contributed by atoms with Crippen molar-refractivity contribution < 1.29 is 9.47 Å². The van der Waals surface area contributed by atoms with Crippen LogP contribution in [0.5, 0.6) is 6.01 Å². The maximum Gasteiger partial charge on any atom is 0.328 e. The number of likely N-dealkylation sites (tertiary alicyclic amines) is 1. The highest BCUT2D eigenvalue weighted by Crippen LogP contribution is 2.19. The molecule has 3 aromatic rings. The highest BCUT2D eigenvalue weighted by molar-refractivity contribution is 5.81. The van der Waals surface area contributed by atoms with Crippen LogP contribution >= 0.6 is 0 Å². The van der Waals surface area contributed by atoms with E-state index in [9.17, 15) is 4.79 Å². The van der Waals surface area contributed by atoms with Crippen molar-refractivity contribution in [2.24, 2.45) is 0 Å². The maximum atomic E-state index is 12.5. The number of nitrogens with one attached hydrogen (secondary N) is 1. The number of fused-ring (bicyclic) bond motifs is 1. The number of hydrogen-bond donors (Lipinski definition) is 2. The van der Waals surface area contributed by atoms with Gasteiger partial charge in [-0.05, 0) is 30.9 Å². The third-order valence-corrected chi connectivity index (χ3v) is 5.54. The molecule has 1 aliphatic rings. The zero-order valence-corrected chi connectivity index (χ0v) is 17.4. The number of methoxy groups -OCH3 is 1. The Kier molecular flexibility index (Phi) is 6.01. The molecule has 3 heterocycles. The predicted molar refractivity (Wildman–Crippen MR) is 115 cm³/mol. The van der Waals surface area contributed by atoms with Crippen LogP contribution in [0.4, 0.5) is 5.82 Å². The number of piperidine rings is 1. The first-order valence-corrected chi connectivity index (χ1v) is 10.3. The van der Waals surface area contributed by atoms with Crippen LogP contribution in [0.3, 0.4) is 0 Å². The van der Waals surface area contributed by atoms with Gasteiger partial charge in [-0.1, -0.05) is 24.3 Å². The number of aromatic amines is 1. The second-order valence-electron chi connectivity index (χ2n) is 7.57. The summed E-state index contributed by atoms with van der Waals surface area (Å²) < 4.78 is 12.4. The maximum absolute atomic E-state index is 12.5. The molecule has 9 nitrogen and oxygen atoms in total. The molecular weight excluding hydrogens is 384 g/mol. The van der Waals surface area contributed by atoms with Crippen molar-refractivity contribution in [1.82, 2.24) is 24.4 Å². The number of benzene rings is 1. The fourth-order valence-electron chi connectivity index (χ4n) is 3.87. The van der Waals surface area contributed by atoms with Crippen molar-refractivity contribution in [1.29, 1.82) is 0 Å². The first kappa shape index (κ1) is 20.4. The van der Waals surface area contributed by atoms with Crippen molar-refractivity contribution >= 4 is 17.0 Å². The molecule has 2 aromatic heterocycles. The quantitative estimate of drug-likeness (QED) is 0.608. The van der Waals surface area contributed by atoms with E-state index in [1.165, 1.54) is 5.56 Å². The van der Waals surface area contributed by atoms with Gasteiger partial charge in [0, 0.05) is 26.7 Å². The first-order chi connectivity index (χ1) is 14.6. The molecule has 160 valence electrons. The zero-order chi connectivity index (χ0) is 21.1. The standard InChI is InChI=1S/C21H28N6O3/c1-3-30-20-24-18(22)17-19(25-20)27(21(28)23-17)13-15-6-4-14(5-7-15)12-26-10-8-16(29-2)9-11-26/h4-7,16H,3,8-13H2,1-2H3,(H,23,28)(H2,22,24,25). The fraction of sp³-hybridized carbons (Fsp3) is 0.476. The molecule has 30 heavy (non-hydrogen) atoms. The molecule has 0 spiro atoms. The van der Waals surface area contributed by atoms with E-state index >= 15 is 0 Å². The molecule has 4 rings (SSSR count). The Balaban J connectivity index is 1.49. The van der Waals surface area contributed by atoms with E-state index in [0.717, 1.165) is 38.0 Å². The summed E-state index contributed by atoms with van der Waals surface area (Å²) in [6, 6.07) is 8.51.